The third-order valence-electron chi connectivity index (χ3n) is 4.24. The molecule has 2 N–H and O–H groups in total. The number of hydrogen-bond donors (Lipinski definition) is 2. The predicted octanol–water partition coefficient (Wildman–Crippen LogP) is 2.92. The largest absolute Gasteiger partial charge is 0.465 e. The molecule has 0 saturated carbocycles. The first-order chi connectivity index (χ1) is 13.1. The third-order valence-corrected chi connectivity index (χ3v) is 5.57. The summed E-state index contributed by atoms with van der Waals surface area (Å²) in [6, 6.07) is -0.238. The minimum Gasteiger partial charge on any atom is -0.465 e. The molecule has 29 heavy (non-hydrogen) atoms. The Morgan fingerprint density at radius 3 is 1.79 bits per heavy atom. The van der Waals surface area contributed by atoms with Gasteiger partial charge >= 0.3 is 18.4 Å². The van der Waals surface area contributed by atoms with Crippen molar-refractivity contribution in [1.29, 1.82) is 0 Å². The number of nitrogens with zero attached hydrogens (tertiary/aromatic N) is 1. The quantitative estimate of drug-likeness (QED) is 0.693. The number of alkyl halides is 6. The molecule has 1 fully saturated rings. The van der Waals surface area contributed by atoms with Gasteiger partial charge < -0.3 is 10.0 Å². The summed E-state index contributed by atoms with van der Waals surface area (Å²) in [5.41, 5.74) is -3.68. The van der Waals surface area contributed by atoms with Crippen LogP contribution in [0.15, 0.2) is 23.1 Å². The zero-order valence-corrected chi connectivity index (χ0v) is 15.2. The maximum Gasteiger partial charge on any atom is 0.416 e. The smallest absolute Gasteiger partial charge is 0.416 e. The number of carbonyl (C=O) groups excluding carboxylic acids is 1. The molecule has 0 unspecified atom stereocenters. The Balaban J connectivity index is 2.29. The highest BCUT2D eigenvalue weighted by Gasteiger charge is 2.39. The van der Waals surface area contributed by atoms with Gasteiger partial charge in [0.05, 0.1) is 16.0 Å². The molecule has 1 aliphatic heterocycles. The van der Waals surface area contributed by atoms with Gasteiger partial charge in [-0.15, -0.1) is 0 Å². The number of amides is 2. The minimum absolute atomic E-state index is 0.00210. The average molecular weight is 448 g/mol. The highest BCUT2D eigenvalue weighted by Crippen LogP contribution is 2.37. The summed E-state index contributed by atoms with van der Waals surface area (Å²) >= 11 is 0. The van der Waals surface area contributed by atoms with Gasteiger partial charge in [0.1, 0.15) is 0 Å². The van der Waals surface area contributed by atoms with Crippen LogP contribution in [0.25, 0.3) is 0 Å². The zero-order chi connectivity index (χ0) is 22.2. The lowest BCUT2D eigenvalue weighted by Gasteiger charge is -2.29. The number of halogens is 6. The highest BCUT2D eigenvalue weighted by molar-refractivity contribution is 7.90. The molecule has 162 valence electrons. The molecule has 14 heteroatoms. The van der Waals surface area contributed by atoms with Gasteiger partial charge in [0.15, 0.2) is 0 Å². The number of nitrogens with one attached hydrogen (secondary N) is 1. The topological polar surface area (TPSA) is 104 Å². The maximum atomic E-state index is 12.9. The van der Waals surface area contributed by atoms with Crippen molar-refractivity contribution in [2.75, 3.05) is 13.1 Å². The predicted molar refractivity (Wildman–Crippen MR) is 84.1 cm³/mol. The molecule has 1 saturated heterocycles. The fraction of sp³-hybridized carbons (Fsp3) is 0.467. The molecule has 1 heterocycles. The number of rotatable bonds is 3. The molecule has 0 radical (unpaired) electrons. The second-order valence-electron chi connectivity index (χ2n) is 6.26. The van der Waals surface area contributed by atoms with Gasteiger partial charge in [0, 0.05) is 19.0 Å². The van der Waals surface area contributed by atoms with Crippen molar-refractivity contribution in [2.24, 2.45) is 5.92 Å². The molecule has 7 nitrogen and oxygen atoms in total. The molecule has 0 bridgehead atoms. The summed E-state index contributed by atoms with van der Waals surface area (Å²) in [5.74, 6) is -2.10. The molecular weight excluding hydrogens is 434 g/mol. The van der Waals surface area contributed by atoms with E-state index < -0.39 is 56.3 Å². The number of carbonyl (C=O) groups is 2. The first-order valence-electron chi connectivity index (χ1n) is 7.95. The number of carboxylic acid groups (broad SMARTS) is 1. The van der Waals surface area contributed by atoms with Crippen molar-refractivity contribution < 1.29 is 49.5 Å². The van der Waals surface area contributed by atoms with Crippen LogP contribution in [0.2, 0.25) is 0 Å². The van der Waals surface area contributed by atoms with Crippen LogP contribution in [0.1, 0.15) is 24.0 Å². The van der Waals surface area contributed by atoms with Crippen LogP contribution >= 0.6 is 0 Å². The van der Waals surface area contributed by atoms with Gasteiger partial charge in [-0.1, -0.05) is 0 Å². The second kappa shape index (κ2) is 7.72. The molecule has 0 spiro atoms. The fourth-order valence-electron chi connectivity index (χ4n) is 2.69. The molecule has 1 aromatic carbocycles. The van der Waals surface area contributed by atoms with E-state index in [1.807, 2.05) is 0 Å². The lowest BCUT2D eigenvalue weighted by Crippen LogP contribution is -2.43. The Bertz CT molecular complexity index is 873. The van der Waals surface area contributed by atoms with E-state index in [1.54, 1.807) is 0 Å². The van der Waals surface area contributed by atoms with Crippen LogP contribution in [0.3, 0.4) is 0 Å². The Labute approximate surface area is 160 Å². The molecule has 0 aromatic heterocycles. The minimum atomic E-state index is -5.25. The molecule has 1 aromatic rings. The van der Waals surface area contributed by atoms with Crippen molar-refractivity contribution >= 4 is 22.0 Å². The summed E-state index contributed by atoms with van der Waals surface area (Å²) in [6.45, 7) is -0.148. The van der Waals surface area contributed by atoms with Crippen molar-refractivity contribution in [2.45, 2.75) is 30.1 Å². The van der Waals surface area contributed by atoms with E-state index in [4.69, 9.17) is 5.11 Å². The summed E-state index contributed by atoms with van der Waals surface area (Å²) in [7, 11) is -5.03. The molecule has 1 aliphatic rings. The fourth-order valence-corrected chi connectivity index (χ4v) is 3.80. The standard InChI is InChI=1S/C15H14F6N2O5S/c16-14(17,18)9-5-10(15(19,20)21)7-11(6-9)29(27,28)22-12(24)8-1-3-23(4-2-8)13(25)26/h5-8H,1-4H2,(H,22,24)(H,25,26). The van der Waals surface area contributed by atoms with Crippen molar-refractivity contribution in [3.05, 3.63) is 29.3 Å². The first-order valence-corrected chi connectivity index (χ1v) is 9.43. The zero-order valence-electron chi connectivity index (χ0n) is 14.3. The molecular formula is C15H14F6N2O5S. The van der Waals surface area contributed by atoms with Crippen molar-refractivity contribution in [3.63, 3.8) is 0 Å². The normalized spacial score (nSPS) is 16.6. The van der Waals surface area contributed by atoms with Crippen LogP contribution in [0, 0.1) is 5.92 Å². The monoisotopic (exact) mass is 448 g/mol. The van der Waals surface area contributed by atoms with E-state index in [9.17, 15) is 44.3 Å². The SMILES string of the molecule is O=C(NS(=O)(=O)c1cc(C(F)(F)F)cc(C(F)(F)F)c1)C1CCN(C(=O)O)CC1. The number of piperidine rings is 1. The Morgan fingerprint density at radius 1 is 0.966 bits per heavy atom. The summed E-state index contributed by atoms with van der Waals surface area (Å²) < 4.78 is 103. The van der Waals surface area contributed by atoms with E-state index in [1.165, 1.54) is 4.72 Å². The van der Waals surface area contributed by atoms with Crippen LogP contribution < -0.4 is 4.72 Å². The molecule has 2 amide bonds. The molecule has 0 atom stereocenters. The van der Waals surface area contributed by atoms with Crippen LogP contribution in [0.5, 0.6) is 0 Å². The van der Waals surface area contributed by atoms with Crippen LogP contribution in [0.4, 0.5) is 31.1 Å². The second-order valence-corrected chi connectivity index (χ2v) is 7.94. The van der Waals surface area contributed by atoms with Crippen LogP contribution in [-0.4, -0.2) is 43.5 Å². The number of benzene rings is 1. The van der Waals surface area contributed by atoms with E-state index in [-0.39, 0.29) is 44.1 Å². The van der Waals surface area contributed by atoms with Gasteiger partial charge in [0.2, 0.25) is 5.91 Å². The highest BCUT2D eigenvalue weighted by atomic mass is 32.2. The Hall–Kier alpha value is -2.51. The Morgan fingerprint density at radius 2 is 1.41 bits per heavy atom. The van der Waals surface area contributed by atoms with Crippen molar-refractivity contribution in [1.82, 2.24) is 9.62 Å². The molecule has 0 aliphatic carbocycles. The Kier molecular flexibility index (Phi) is 6.07. The van der Waals surface area contributed by atoms with E-state index in [2.05, 4.69) is 0 Å². The third kappa shape index (κ3) is 5.52. The van der Waals surface area contributed by atoms with Gasteiger partial charge in [0.25, 0.3) is 10.0 Å². The van der Waals surface area contributed by atoms with Gasteiger partial charge in [-0.2, -0.15) is 26.3 Å². The summed E-state index contributed by atoms with van der Waals surface area (Å²) in [6.07, 6.45) is -11.8. The van der Waals surface area contributed by atoms with Gasteiger partial charge in [-0.05, 0) is 31.0 Å². The molecule has 2 rings (SSSR count). The van der Waals surface area contributed by atoms with Crippen LogP contribution in [-0.2, 0) is 27.2 Å². The average Bonchev–Trinajstić information content (AvgIpc) is 2.59. The van der Waals surface area contributed by atoms with Gasteiger partial charge in [-0.25, -0.2) is 17.9 Å². The lowest BCUT2D eigenvalue weighted by atomic mass is 9.97. The van der Waals surface area contributed by atoms with E-state index in [0.29, 0.717) is 0 Å². The maximum absolute atomic E-state index is 12.9. The first kappa shape index (κ1) is 22.8. The number of hydrogen-bond acceptors (Lipinski definition) is 4. The lowest BCUT2D eigenvalue weighted by molar-refractivity contribution is -0.143. The van der Waals surface area contributed by atoms with Crippen molar-refractivity contribution in [3.8, 4) is 0 Å². The van der Waals surface area contributed by atoms with E-state index in [0.717, 1.165) is 4.90 Å². The summed E-state index contributed by atoms with van der Waals surface area (Å²) in [5, 5.41) is 8.83. The number of likely N-dealkylation sites (tertiary alicyclic amines) is 1. The van der Waals surface area contributed by atoms with Gasteiger partial charge in [-0.3, -0.25) is 4.79 Å². The number of sulfonamides is 1. The summed E-state index contributed by atoms with van der Waals surface area (Å²) in [4.78, 5) is 22.6. The van der Waals surface area contributed by atoms with E-state index >= 15 is 0 Å².